The van der Waals surface area contributed by atoms with Gasteiger partial charge in [-0.1, -0.05) is 69.3 Å². The second-order valence-electron chi connectivity index (χ2n) is 13.3. The SMILES string of the molecule is CC(CC=O)CC(C)(C)CNC(=O)c1ccc(C(F)(C(=O)NC2=CC=CC3=CC=CN=C2C3)C(=O)Nc2cccc3cccnc23)cc1.COC. The second kappa shape index (κ2) is 17.4. The minimum absolute atomic E-state index is 0.169. The number of halogens is 1. The topological polar surface area (TPSA) is 139 Å². The zero-order valence-electron chi connectivity index (χ0n) is 29.5. The number of anilines is 1. The Balaban J connectivity index is 0.00000188. The van der Waals surface area contributed by atoms with Crippen molar-refractivity contribution in [3.8, 4) is 0 Å². The first kappa shape index (κ1) is 38.3. The van der Waals surface area contributed by atoms with Crippen molar-refractivity contribution in [3.63, 3.8) is 0 Å². The number of hydrogen-bond donors (Lipinski definition) is 3. The molecule has 1 aliphatic heterocycles. The van der Waals surface area contributed by atoms with Crippen LogP contribution < -0.4 is 16.0 Å². The monoisotopic (exact) mass is 693 g/mol. The van der Waals surface area contributed by atoms with Gasteiger partial charge in [0, 0.05) is 62.5 Å². The number of allylic oxidation sites excluding steroid dienone is 7. The number of amides is 3. The molecule has 0 radical (unpaired) electrons. The molecule has 2 aromatic carbocycles. The Morgan fingerprint density at radius 1 is 0.980 bits per heavy atom. The number of aldehydes is 1. The summed E-state index contributed by atoms with van der Waals surface area (Å²) in [6, 6.07) is 13.9. The zero-order chi connectivity index (χ0) is 37.0. The quantitative estimate of drug-likeness (QED) is 0.146. The van der Waals surface area contributed by atoms with Gasteiger partial charge < -0.3 is 25.5 Å². The van der Waals surface area contributed by atoms with Crippen molar-refractivity contribution in [2.45, 2.75) is 45.7 Å². The van der Waals surface area contributed by atoms with Crippen LogP contribution in [0.25, 0.3) is 10.9 Å². The highest BCUT2D eigenvalue weighted by Gasteiger charge is 2.49. The third-order valence-corrected chi connectivity index (χ3v) is 8.31. The highest BCUT2D eigenvalue weighted by molar-refractivity contribution is 6.17. The van der Waals surface area contributed by atoms with Gasteiger partial charge in [0.25, 0.3) is 23.4 Å². The summed E-state index contributed by atoms with van der Waals surface area (Å²) >= 11 is 0. The normalized spacial score (nSPS) is 15.3. The van der Waals surface area contributed by atoms with Gasteiger partial charge in [-0.2, -0.15) is 0 Å². The van der Waals surface area contributed by atoms with Crippen molar-refractivity contribution in [2.75, 3.05) is 26.1 Å². The maximum atomic E-state index is 17.4. The van der Waals surface area contributed by atoms with Crippen LogP contribution in [0.4, 0.5) is 10.1 Å². The molecule has 3 N–H and O–H groups in total. The molecule has 2 heterocycles. The average molecular weight is 694 g/mol. The minimum atomic E-state index is -3.22. The van der Waals surface area contributed by atoms with Gasteiger partial charge in [-0.05, 0) is 59.7 Å². The molecule has 2 unspecified atom stereocenters. The number of carbonyl (C=O) groups is 4. The first-order valence-corrected chi connectivity index (χ1v) is 16.6. The average Bonchev–Trinajstić information content (AvgIpc) is 3.47. The van der Waals surface area contributed by atoms with E-state index in [2.05, 4.69) is 30.7 Å². The molecule has 2 aliphatic rings. The van der Waals surface area contributed by atoms with Gasteiger partial charge in [0.05, 0.1) is 22.6 Å². The molecular formula is C40H44FN5O5. The molecule has 10 nitrogen and oxygen atoms in total. The van der Waals surface area contributed by atoms with Crippen LogP contribution in [0.2, 0.25) is 0 Å². The summed E-state index contributed by atoms with van der Waals surface area (Å²) in [7, 11) is 3.25. The number of nitrogens with one attached hydrogen (secondary N) is 3. The largest absolute Gasteiger partial charge is 0.388 e. The van der Waals surface area contributed by atoms with E-state index in [1.165, 1.54) is 24.3 Å². The smallest absolute Gasteiger partial charge is 0.291 e. The fourth-order valence-electron chi connectivity index (χ4n) is 5.88. The van der Waals surface area contributed by atoms with Crippen LogP contribution >= 0.6 is 0 Å². The molecule has 0 spiro atoms. The molecule has 2 atom stereocenters. The van der Waals surface area contributed by atoms with Crippen molar-refractivity contribution in [1.29, 1.82) is 0 Å². The summed E-state index contributed by atoms with van der Waals surface area (Å²) in [5.41, 5.74) is -1.15. The van der Waals surface area contributed by atoms with Crippen LogP contribution in [0.3, 0.4) is 0 Å². The van der Waals surface area contributed by atoms with Crippen LogP contribution in [0.1, 0.15) is 56.0 Å². The molecule has 0 fully saturated rings. The van der Waals surface area contributed by atoms with E-state index in [1.54, 1.807) is 75.2 Å². The molecule has 0 saturated carbocycles. The Labute approximate surface area is 297 Å². The van der Waals surface area contributed by atoms with E-state index in [9.17, 15) is 19.2 Å². The Morgan fingerprint density at radius 3 is 2.41 bits per heavy atom. The predicted molar refractivity (Wildman–Crippen MR) is 198 cm³/mol. The number of ether oxygens (including phenoxy) is 1. The number of hydrogen-bond acceptors (Lipinski definition) is 7. The van der Waals surface area contributed by atoms with Gasteiger partial charge in [-0.25, -0.2) is 4.39 Å². The number of aromatic nitrogens is 1. The van der Waals surface area contributed by atoms with E-state index in [0.29, 0.717) is 30.6 Å². The fourth-order valence-corrected chi connectivity index (χ4v) is 5.88. The van der Waals surface area contributed by atoms with Crippen molar-refractivity contribution < 1.29 is 28.3 Å². The van der Waals surface area contributed by atoms with E-state index >= 15 is 4.39 Å². The standard InChI is InChI=1S/C38H38FN5O4.C2H6O/c1-25(18-21-45)23-37(2,3)24-42-34(46)28-14-16-29(17-15-28)38(39,36(48)44-31-13-5-10-27-11-7-20-41-33(27)31)35(47)43-30-12-4-8-26-9-6-19-40-32(30)22-26;1-3-2/h4-17,19-21,25H,18,22-24H2,1-3H3,(H,42,46)(H,43,47)(H,44,48);1-2H3. The lowest BCUT2D eigenvalue weighted by Gasteiger charge is -2.28. The van der Waals surface area contributed by atoms with Crippen LogP contribution in [0.15, 0.2) is 114 Å². The van der Waals surface area contributed by atoms with Gasteiger partial charge in [-0.15, -0.1) is 0 Å². The van der Waals surface area contributed by atoms with Crippen LogP contribution in [-0.4, -0.2) is 55.5 Å². The van der Waals surface area contributed by atoms with Gasteiger partial charge >= 0.3 is 0 Å². The summed E-state index contributed by atoms with van der Waals surface area (Å²) < 4.78 is 21.6. The third-order valence-electron chi connectivity index (χ3n) is 8.31. The molecule has 3 amide bonds. The molecule has 266 valence electrons. The van der Waals surface area contributed by atoms with Gasteiger partial charge in [-0.3, -0.25) is 24.4 Å². The first-order valence-electron chi connectivity index (χ1n) is 16.6. The summed E-state index contributed by atoms with van der Waals surface area (Å²) in [5, 5.41) is 8.82. The van der Waals surface area contributed by atoms with E-state index < -0.39 is 23.4 Å². The number of methoxy groups -OCH3 is 1. The number of alkyl halides is 1. The van der Waals surface area contributed by atoms with Crippen molar-refractivity contribution in [1.82, 2.24) is 15.6 Å². The summed E-state index contributed by atoms with van der Waals surface area (Å²) in [5.74, 6) is -2.67. The third kappa shape index (κ3) is 9.79. The van der Waals surface area contributed by atoms with Gasteiger partial charge in [0.15, 0.2) is 0 Å². The minimum Gasteiger partial charge on any atom is -0.388 e. The number of fused-ring (bicyclic) bond motifs is 3. The number of carbonyl (C=O) groups excluding carboxylic acids is 4. The van der Waals surface area contributed by atoms with Crippen LogP contribution in [0.5, 0.6) is 0 Å². The lowest BCUT2D eigenvalue weighted by molar-refractivity contribution is -0.143. The number of rotatable bonds is 12. The maximum absolute atomic E-state index is 17.4. The molecule has 51 heavy (non-hydrogen) atoms. The number of para-hydroxylation sites is 1. The molecule has 1 aromatic heterocycles. The molecule has 3 aromatic rings. The molecule has 1 aliphatic carbocycles. The van der Waals surface area contributed by atoms with E-state index in [1.807, 2.05) is 32.9 Å². The molecular weight excluding hydrogens is 649 g/mol. The highest BCUT2D eigenvalue weighted by Crippen LogP contribution is 2.32. The lowest BCUT2D eigenvalue weighted by Crippen LogP contribution is -2.50. The molecule has 11 heteroatoms. The number of pyridine rings is 1. The Morgan fingerprint density at radius 2 is 1.69 bits per heavy atom. The maximum Gasteiger partial charge on any atom is 0.291 e. The molecule has 2 bridgehead atoms. The van der Waals surface area contributed by atoms with Crippen molar-refractivity contribution >= 4 is 46.3 Å². The molecule has 0 saturated heterocycles. The van der Waals surface area contributed by atoms with E-state index in [-0.39, 0.29) is 33.8 Å². The molecule has 5 rings (SSSR count). The summed E-state index contributed by atoms with van der Waals surface area (Å²) in [6.07, 6.45) is 14.5. The number of aliphatic imine (C=N–C) groups is 1. The lowest BCUT2D eigenvalue weighted by atomic mass is 9.82. The summed E-state index contributed by atoms with van der Waals surface area (Å²) in [4.78, 5) is 60.5. The van der Waals surface area contributed by atoms with Gasteiger partial charge in [0.1, 0.15) is 6.29 Å². The van der Waals surface area contributed by atoms with Crippen LogP contribution in [-0.2, 0) is 24.8 Å². The number of benzene rings is 2. The van der Waals surface area contributed by atoms with E-state index in [0.717, 1.165) is 23.7 Å². The fraction of sp³-hybridized carbons (Fsp3) is 0.300. The highest BCUT2D eigenvalue weighted by atomic mass is 19.1. The Hall–Kier alpha value is -5.55. The van der Waals surface area contributed by atoms with Crippen molar-refractivity contribution in [3.05, 3.63) is 120 Å². The number of nitrogens with zero attached hydrogens (tertiary/aromatic N) is 2. The van der Waals surface area contributed by atoms with Crippen LogP contribution in [0, 0.1) is 11.3 Å². The first-order chi connectivity index (χ1) is 24.4. The van der Waals surface area contributed by atoms with Crippen molar-refractivity contribution in [2.24, 2.45) is 16.3 Å². The second-order valence-corrected chi connectivity index (χ2v) is 13.3. The predicted octanol–water partition coefficient (Wildman–Crippen LogP) is 6.53. The Kier molecular flexibility index (Phi) is 13.1. The van der Waals surface area contributed by atoms with E-state index in [4.69, 9.17) is 0 Å². The zero-order valence-corrected chi connectivity index (χ0v) is 29.5. The Bertz CT molecular complexity index is 1910. The summed E-state index contributed by atoms with van der Waals surface area (Å²) in [6.45, 7) is 6.35. The van der Waals surface area contributed by atoms with Gasteiger partial charge in [0.2, 0.25) is 0 Å².